The number of carbonyl (C=O) groups is 1. The van der Waals surface area contributed by atoms with Crippen molar-refractivity contribution in [2.75, 3.05) is 36.8 Å². The molecule has 3 heterocycles. The van der Waals surface area contributed by atoms with Crippen LogP contribution < -0.4 is 10.6 Å². The van der Waals surface area contributed by atoms with E-state index < -0.39 is 0 Å². The molecule has 7 heteroatoms. The van der Waals surface area contributed by atoms with Crippen molar-refractivity contribution in [1.29, 1.82) is 0 Å². The van der Waals surface area contributed by atoms with Gasteiger partial charge in [-0.2, -0.15) is 0 Å². The number of rotatable bonds is 6. The molecule has 128 valence electrons. The molecule has 1 atom stereocenters. The predicted molar refractivity (Wildman–Crippen MR) is 91.9 cm³/mol. The van der Waals surface area contributed by atoms with E-state index in [4.69, 9.17) is 4.52 Å². The smallest absolute Gasteiger partial charge is 0.240 e. The van der Waals surface area contributed by atoms with Crippen molar-refractivity contribution in [3.05, 3.63) is 35.7 Å². The van der Waals surface area contributed by atoms with E-state index in [1.807, 2.05) is 25.3 Å². The van der Waals surface area contributed by atoms with E-state index in [0.717, 1.165) is 37.6 Å². The van der Waals surface area contributed by atoms with Crippen molar-refractivity contribution in [2.45, 2.75) is 20.3 Å². The predicted octanol–water partition coefficient (Wildman–Crippen LogP) is 2.06. The average molecular weight is 329 g/mol. The lowest BCUT2D eigenvalue weighted by molar-refractivity contribution is -0.117. The molecule has 1 aliphatic heterocycles. The Hall–Kier alpha value is -2.41. The third-order valence-corrected chi connectivity index (χ3v) is 4.12. The molecule has 7 nitrogen and oxygen atoms in total. The molecule has 0 radical (unpaired) electrons. The first-order valence-electron chi connectivity index (χ1n) is 8.20. The van der Waals surface area contributed by atoms with Gasteiger partial charge in [-0.15, -0.1) is 0 Å². The van der Waals surface area contributed by atoms with E-state index in [9.17, 15) is 4.79 Å². The highest BCUT2D eigenvalue weighted by atomic mass is 16.5. The molecule has 0 saturated carbocycles. The monoisotopic (exact) mass is 329 g/mol. The van der Waals surface area contributed by atoms with Crippen LogP contribution in [0.3, 0.4) is 0 Å². The summed E-state index contributed by atoms with van der Waals surface area (Å²) in [5.74, 6) is 1.76. The molecular formula is C17H23N5O2. The highest BCUT2D eigenvalue weighted by Gasteiger charge is 2.24. The zero-order valence-electron chi connectivity index (χ0n) is 14.1. The maximum Gasteiger partial charge on any atom is 0.240 e. The summed E-state index contributed by atoms with van der Waals surface area (Å²) in [4.78, 5) is 18.5. The molecule has 1 saturated heterocycles. The number of carbonyl (C=O) groups excluding carboxylic acids is 1. The van der Waals surface area contributed by atoms with Gasteiger partial charge >= 0.3 is 0 Å². The second-order valence-electron chi connectivity index (χ2n) is 6.37. The maximum absolute atomic E-state index is 12.0. The lowest BCUT2D eigenvalue weighted by atomic mass is 10.1. The van der Waals surface area contributed by atoms with Crippen molar-refractivity contribution in [2.24, 2.45) is 5.92 Å². The Bertz CT molecular complexity index is 700. The van der Waals surface area contributed by atoms with Crippen LogP contribution in [-0.4, -0.2) is 47.1 Å². The first-order valence-corrected chi connectivity index (χ1v) is 8.20. The van der Waals surface area contributed by atoms with Crippen molar-refractivity contribution in [3.8, 4) is 0 Å². The van der Waals surface area contributed by atoms with Gasteiger partial charge in [-0.1, -0.05) is 5.16 Å². The van der Waals surface area contributed by atoms with Crippen LogP contribution in [0.5, 0.6) is 0 Å². The summed E-state index contributed by atoms with van der Waals surface area (Å²) in [6.45, 7) is 6.95. The highest BCUT2D eigenvalue weighted by molar-refractivity contribution is 5.90. The van der Waals surface area contributed by atoms with Crippen LogP contribution in [0.4, 0.5) is 11.7 Å². The third-order valence-electron chi connectivity index (χ3n) is 4.12. The zero-order valence-corrected chi connectivity index (χ0v) is 14.1. The lowest BCUT2D eigenvalue weighted by Gasteiger charge is -2.15. The summed E-state index contributed by atoms with van der Waals surface area (Å²) in [6, 6.07) is 5.74. The fourth-order valence-corrected chi connectivity index (χ4v) is 2.91. The van der Waals surface area contributed by atoms with Crippen molar-refractivity contribution < 1.29 is 9.32 Å². The maximum atomic E-state index is 12.0. The van der Waals surface area contributed by atoms with E-state index in [1.165, 1.54) is 5.56 Å². The normalized spacial score (nSPS) is 17.8. The standard InChI is InChI=1S/C17H23N5O2/c1-12-3-5-18-15(7-12)19-9-14-4-6-22(10-14)11-16(23)20-17-8-13(2)21-24-17/h3,5,7-8,14H,4,6,9-11H2,1-2H3,(H,18,19)(H,20,23)/t14-/m0/s1. The van der Waals surface area contributed by atoms with E-state index >= 15 is 0 Å². The number of aryl methyl sites for hydroxylation is 2. The van der Waals surface area contributed by atoms with Crippen LogP contribution in [0.1, 0.15) is 17.7 Å². The minimum atomic E-state index is -0.0693. The van der Waals surface area contributed by atoms with Crippen LogP contribution >= 0.6 is 0 Å². The summed E-state index contributed by atoms with van der Waals surface area (Å²) in [5.41, 5.74) is 1.95. The molecule has 0 aliphatic carbocycles. The van der Waals surface area contributed by atoms with Gasteiger partial charge < -0.3 is 9.84 Å². The first-order chi connectivity index (χ1) is 11.6. The summed E-state index contributed by atoms with van der Waals surface area (Å²) < 4.78 is 5.00. The Morgan fingerprint density at radius 3 is 3.04 bits per heavy atom. The Balaban J connectivity index is 1.41. The van der Waals surface area contributed by atoms with Gasteiger partial charge in [0.1, 0.15) is 5.82 Å². The van der Waals surface area contributed by atoms with Gasteiger partial charge in [0.25, 0.3) is 0 Å². The van der Waals surface area contributed by atoms with E-state index in [2.05, 4.69) is 32.6 Å². The zero-order chi connectivity index (χ0) is 16.9. The molecule has 0 aromatic carbocycles. The van der Waals surface area contributed by atoms with Gasteiger partial charge in [-0.05, 0) is 50.4 Å². The Labute approximate surface area is 141 Å². The van der Waals surface area contributed by atoms with E-state index in [1.54, 1.807) is 6.07 Å². The SMILES string of the molecule is Cc1ccnc(NC[C@@H]2CCN(CC(=O)Nc3cc(C)no3)C2)c1. The number of pyridine rings is 1. The molecular weight excluding hydrogens is 306 g/mol. The number of anilines is 2. The van der Waals surface area contributed by atoms with Gasteiger partial charge in [0.15, 0.2) is 0 Å². The molecule has 1 amide bonds. The molecule has 2 aromatic heterocycles. The van der Waals surface area contributed by atoms with Crippen molar-refractivity contribution in [1.82, 2.24) is 15.0 Å². The van der Waals surface area contributed by atoms with Gasteiger partial charge in [-0.3, -0.25) is 15.0 Å². The number of hydrogen-bond acceptors (Lipinski definition) is 6. The highest BCUT2D eigenvalue weighted by Crippen LogP contribution is 2.17. The molecule has 2 N–H and O–H groups in total. The molecule has 24 heavy (non-hydrogen) atoms. The number of amides is 1. The molecule has 0 spiro atoms. The molecule has 2 aromatic rings. The van der Waals surface area contributed by atoms with Crippen LogP contribution in [0.2, 0.25) is 0 Å². The second kappa shape index (κ2) is 7.44. The van der Waals surface area contributed by atoms with Gasteiger partial charge in [0.05, 0.1) is 12.2 Å². The third kappa shape index (κ3) is 4.55. The summed E-state index contributed by atoms with van der Waals surface area (Å²) >= 11 is 0. The number of nitrogens with zero attached hydrogens (tertiary/aromatic N) is 3. The van der Waals surface area contributed by atoms with Crippen LogP contribution in [0, 0.1) is 19.8 Å². The summed E-state index contributed by atoms with van der Waals surface area (Å²) in [5, 5.41) is 9.87. The quantitative estimate of drug-likeness (QED) is 0.844. The van der Waals surface area contributed by atoms with Crippen molar-refractivity contribution in [3.63, 3.8) is 0 Å². The van der Waals surface area contributed by atoms with Gasteiger partial charge in [-0.25, -0.2) is 4.98 Å². The molecule has 3 rings (SSSR count). The average Bonchev–Trinajstić information content (AvgIpc) is 3.14. The summed E-state index contributed by atoms with van der Waals surface area (Å²) in [7, 11) is 0. The van der Waals surface area contributed by atoms with Crippen LogP contribution in [-0.2, 0) is 4.79 Å². The molecule has 0 bridgehead atoms. The van der Waals surface area contributed by atoms with Gasteiger partial charge in [0, 0.05) is 25.4 Å². The van der Waals surface area contributed by atoms with E-state index in [-0.39, 0.29) is 5.91 Å². The largest absolute Gasteiger partial charge is 0.370 e. The second-order valence-corrected chi connectivity index (χ2v) is 6.37. The number of nitrogens with one attached hydrogen (secondary N) is 2. The number of likely N-dealkylation sites (tertiary alicyclic amines) is 1. The molecule has 0 unspecified atom stereocenters. The Kier molecular flexibility index (Phi) is 5.10. The number of hydrogen-bond donors (Lipinski definition) is 2. The van der Waals surface area contributed by atoms with Gasteiger partial charge in [0.2, 0.25) is 11.8 Å². The topological polar surface area (TPSA) is 83.3 Å². The molecule has 1 fully saturated rings. The van der Waals surface area contributed by atoms with Crippen LogP contribution in [0.15, 0.2) is 28.9 Å². The first kappa shape index (κ1) is 16.4. The van der Waals surface area contributed by atoms with Crippen LogP contribution in [0.25, 0.3) is 0 Å². The fourth-order valence-electron chi connectivity index (χ4n) is 2.91. The molecule has 1 aliphatic rings. The number of aromatic nitrogens is 2. The Morgan fingerprint density at radius 2 is 2.29 bits per heavy atom. The minimum Gasteiger partial charge on any atom is -0.370 e. The van der Waals surface area contributed by atoms with Crippen molar-refractivity contribution >= 4 is 17.6 Å². The minimum absolute atomic E-state index is 0.0693. The summed E-state index contributed by atoms with van der Waals surface area (Å²) in [6.07, 6.45) is 2.89. The van der Waals surface area contributed by atoms with E-state index in [0.29, 0.717) is 18.3 Å². The fraction of sp³-hybridized carbons (Fsp3) is 0.471. The lowest BCUT2D eigenvalue weighted by Crippen LogP contribution is -2.32. The Morgan fingerprint density at radius 1 is 1.42 bits per heavy atom.